The van der Waals surface area contributed by atoms with E-state index < -0.39 is 28.4 Å². The third kappa shape index (κ3) is 5.47. The Morgan fingerprint density at radius 1 is 1.20 bits per heavy atom. The number of hydrogen-bond acceptors (Lipinski definition) is 7. The number of hydrogen-bond donors (Lipinski definition) is 1. The summed E-state index contributed by atoms with van der Waals surface area (Å²) in [7, 11) is 1.45. The molecule has 1 fully saturated rings. The lowest BCUT2D eigenvalue weighted by atomic mass is 9.95. The molecule has 35 heavy (non-hydrogen) atoms. The molecule has 186 valence electrons. The molecule has 2 aromatic carbocycles. The van der Waals surface area contributed by atoms with E-state index in [1.54, 1.807) is 12.1 Å². The van der Waals surface area contributed by atoms with E-state index in [9.17, 15) is 24.8 Å². The normalized spacial score (nSPS) is 17.3. The van der Waals surface area contributed by atoms with Gasteiger partial charge in [0.05, 0.1) is 28.7 Å². The summed E-state index contributed by atoms with van der Waals surface area (Å²) >= 11 is 6.21. The monoisotopic (exact) mass is 501 g/mol. The van der Waals surface area contributed by atoms with Gasteiger partial charge in [-0.15, -0.1) is 0 Å². The number of halogens is 1. The highest BCUT2D eigenvalue weighted by Gasteiger charge is 2.46. The van der Waals surface area contributed by atoms with Crippen molar-refractivity contribution in [2.24, 2.45) is 0 Å². The van der Waals surface area contributed by atoms with E-state index in [2.05, 4.69) is 4.90 Å². The summed E-state index contributed by atoms with van der Waals surface area (Å²) in [6.07, 6.45) is 0.592. The first-order valence-electron chi connectivity index (χ1n) is 11.3. The molecule has 1 N–H and O–H groups in total. The highest BCUT2D eigenvalue weighted by molar-refractivity contribution is 6.46. The van der Waals surface area contributed by atoms with Crippen molar-refractivity contribution >= 4 is 34.7 Å². The van der Waals surface area contributed by atoms with Crippen LogP contribution in [0.3, 0.4) is 0 Å². The molecule has 0 radical (unpaired) electrons. The summed E-state index contributed by atoms with van der Waals surface area (Å²) in [6.45, 7) is 6.74. The molecule has 0 spiro atoms. The highest BCUT2D eigenvalue weighted by Crippen LogP contribution is 2.41. The maximum Gasteiger partial charge on any atom is 0.295 e. The number of ether oxygens (including phenoxy) is 1. The molecular weight excluding hydrogens is 474 g/mol. The van der Waals surface area contributed by atoms with Crippen LogP contribution >= 0.6 is 11.6 Å². The van der Waals surface area contributed by atoms with Crippen LogP contribution in [-0.2, 0) is 9.59 Å². The Balaban J connectivity index is 2.10. The number of nitro benzene ring substituents is 1. The Morgan fingerprint density at radius 2 is 1.91 bits per heavy atom. The molecule has 0 saturated carbocycles. The Morgan fingerprint density at radius 3 is 2.51 bits per heavy atom. The second kappa shape index (κ2) is 11.3. The third-order valence-electron chi connectivity index (χ3n) is 6.13. The quantitative estimate of drug-likeness (QED) is 0.169. The Kier molecular flexibility index (Phi) is 8.48. The van der Waals surface area contributed by atoms with Crippen LogP contribution in [0, 0.1) is 10.1 Å². The van der Waals surface area contributed by atoms with Gasteiger partial charge in [0.15, 0.2) is 0 Å². The lowest BCUT2D eigenvalue weighted by Gasteiger charge is -2.26. The molecule has 0 aliphatic carbocycles. The van der Waals surface area contributed by atoms with Crippen molar-refractivity contribution in [3.63, 3.8) is 0 Å². The molecule has 9 nitrogen and oxygen atoms in total. The second-order valence-corrected chi connectivity index (χ2v) is 8.48. The zero-order chi connectivity index (χ0) is 25.7. The number of nitrogens with zero attached hydrogens (tertiary/aromatic N) is 3. The van der Waals surface area contributed by atoms with Gasteiger partial charge in [-0.3, -0.25) is 19.7 Å². The minimum atomic E-state index is -0.979. The van der Waals surface area contributed by atoms with E-state index in [1.807, 2.05) is 13.8 Å². The maximum atomic E-state index is 13.1. The van der Waals surface area contributed by atoms with Crippen LogP contribution in [-0.4, -0.2) is 64.8 Å². The average Bonchev–Trinajstić information content (AvgIpc) is 3.11. The van der Waals surface area contributed by atoms with Gasteiger partial charge in [-0.2, -0.15) is 0 Å². The minimum absolute atomic E-state index is 0.139. The van der Waals surface area contributed by atoms with Gasteiger partial charge >= 0.3 is 0 Å². The summed E-state index contributed by atoms with van der Waals surface area (Å²) in [4.78, 5) is 40.6. The number of non-ortho nitro benzene ring substituents is 1. The van der Waals surface area contributed by atoms with E-state index in [0.29, 0.717) is 24.3 Å². The predicted octanol–water partition coefficient (Wildman–Crippen LogP) is 4.41. The van der Waals surface area contributed by atoms with Crippen molar-refractivity contribution < 1.29 is 24.4 Å². The molecule has 1 atom stereocenters. The standard InChI is InChI=1S/C25H28ClN3O6/c1-4-27(5-2)12-7-13-28-22(16-8-6-9-18(14-16)29(33)34)21(24(31)25(28)32)23(30)17-10-11-20(35-3)19(26)15-17/h6,8-11,14-15,22,30H,4-5,7,12-13H2,1-3H3/b23-21+/t22-/m1/s1. The van der Waals surface area contributed by atoms with Gasteiger partial charge < -0.3 is 19.6 Å². The largest absolute Gasteiger partial charge is 0.507 e. The van der Waals surface area contributed by atoms with E-state index in [1.165, 1.54) is 42.3 Å². The molecule has 1 heterocycles. The lowest BCUT2D eigenvalue weighted by molar-refractivity contribution is -0.384. The fourth-order valence-electron chi connectivity index (χ4n) is 4.24. The van der Waals surface area contributed by atoms with Crippen LogP contribution in [0.25, 0.3) is 5.76 Å². The first-order valence-corrected chi connectivity index (χ1v) is 11.7. The molecule has 1 saturated heterocycles. The van der Waals surface area contributed by atoms with Gasteiger partial charge in [-0.1, -0.05) is 37.6 Å². The zero-order valence-electron chi connectivity index (χ0n) is 19.9. The van der Waals surface area contributed by atoms with Crippen molar-refractivity contribution in [2.45, 2.75) is 26.3 Å². The van der Waals surface area contributed by atoms with Gasteiger partial charge in [-0.25, -0.2) is 0 Å². The predicted molar refractivity (Wildman–Crippen MR) is 133 cm³/mol. The summed E-state index contributed by atoms with van der Waals surface area (Å²) in [5.74, 6) is -1.64. The summed E-state index contributed by atoms with van der Waals surface area (Å²) in [6, 6.07) is 9.28. The maximum absolute atomic E-state index is 13.1. The number of likely N-dealkylation sites (tertiary alicyclic amines) is 1. The zero-order valence-corrected chi connectivity index (χ0v) is 20.6. The number of methoxy groups -OCH3 is 1. The Labute approximate surface area is 208 Å². The number of aliphatic hydroxyl groups is 1. The lowest BCUT2D eigenvalue weighted by Crippen LogP contribution is -2.33. The molecular formula is C25H28ClN3O6. The van der Waals surface area contributed by atoms with E-state index >= 15 is 0 Å². The number of amides is 1. The van der Waals surface area contributed by atoms with Gasteiger partial charge in [0.25, 0.3) is 17.4 Å². The third-order valence-corrected chi connectivity index (χ3v) is 6.43. The number of rotatable bonds is 10. The molecule has 1 amide bonds. The molecule has 10 heteroatoms. The van der Waals surface area contributed by atoms with Crippen molar-refractivity contribution in [3.8, 4) is 5.75 Å². The van der Waals surface area contributed by atoms with Crippen molar-refractivity contribution in [1.29, 1.82) is 0 Å². The van der Waals surface area contributed by atoms with Crippen molar-refractivity contribution in [1.82, 2.24) is 9.80 Å². The first-order chi connectivity index (χ1) is 16.7. The smallest absolute Gasteiger partial charge is 0.295 e. The number of benzene rings is 2. The number of aliphatic hydroxyl groups excluding tert-OH is 1. The van der Waals surface area contributed by atoms with Crippen LogP contribution < -0.4 is 4.74 Å². The molecule has 0 aromatic heterocycles. The van der Waals surface area contributed by atoms with Crippen LogP contribution in [0.2, 0.25) is 5.02 Å². The van der Waals surface area contributed by atoms with Gasteiger partial charge in [0, 0.05) is 24.2 Å². The first kappa shape index (κ1) is 26.2. The fourth-order valence-corrected chi connectivity index (χ4v) is 4.50. The summed E-state index contributed by atoms with van der Waals surface area (Å²) in [5.41, 5.74) is 0.276. The summed E-state index contributed by atoms with van der Waals surface area (Å²) in [5, 5.41) is 22.8. The molecule has 0 unspecified atom stereocenters. The van der Waals surface area contributed by atoms with Gasteiger partial charge in [0.1, 0.15) is 11.5 Å². The molecule has 1 aliphatic heterocycles. The van der Waals surface area contributed by atoms with E-state index in [4.69, 9.17) is 16.3 Å². The van der Waals surface area contributed by atoms with Crippen LogP contribution in [0.1, 0.15) is 37.4 Å². The number of nitro groups is 1. The van der Waals surface area contributed by atoms with E-state index in [0.717, 1.165) is 13.1 Å². The summed E-state index contributed by atoms with van der Waals surface area (Å²) < 4.78 is 5.14. The fraction of sp³-hybridized carbons (Fsp3) is 0.360. The van der Waals surface area contributed by atoms with Crippen molar-refractivity contribution in [3.05, 3.63) is 74.3 Å². The van der Waals surface area contributed by atoms with E-state index in [-0.39, 0.29) is 28.4 Å². The number of carbonyl (C=O) groups excluding carboxylic acids is 2. The Hall–Kier alpha value is -3.43. The SMILES string of the molecule is CCN(CC)CCCN1C(=O)C(=O)/C(=C(/O)c2ccc(OC)c(Cl)c2)[C@H]1c1cccc([N+](=O)[O-])c1. The molecule has 0 bridgehead atoms. The van der Waals surface area contributed by atoms with Gasteiger partial charge in [-0.05, 0) is 49.8 Å². The topological polar surface area (TPSA) is 113 Å². The molecule has 3 rings (SSSR count). The highest BCUT2D eigenvalue weighted by atomic mass is 35.5. The molecule has 2 aromatic rings. The number of Topliss-reactive ketones (excluding diaryl/α,β-unsaturated/α-hetero) is 1. The van der Waals surface area contributed by atoms with Crippen LogP contribution in [0.4, 0.5) is 5.69 Å². The average molecular weight is 502 g/mol. The number of ketones is 1. The molecule has 1 aliphatic rings. The second-order valence-electron chi connectivity index (χ2n) is 8.07. The minimum Gasteiger partial charge on any atom is -0.507 e. The Bertz CT molecular complexity index is 1160. The van der Waals surface area contributed by atoms with Gasteiger partial charge in [0.2, 0.25) is 0 Å². The van der Waals surface area contributed by atoms with Crippen LogP contribution in [0.5, 0.6) is 5.75 Å². The van der Waals surface area contributed by atoms with Crippen LogP contribution in [0.15, 0.2) is 48.0 Å². The number of carbonyl (C=O) groups is 2. The van der Waals surface area contributed by atoms with Crippen molar-refractivity contribution in [2.75, 3.05) is 33.3 Å².